The van der Waals surface area contributed by atoms with Gasteiger partial charge < -0.3 is 4.74 Å². The summed E-state index contributed by atoms with van der Waals surface area (Å²) >= 11 is 0. The highest BCUT2D eigenvalue weighted by atomic mass is 19.4. The Bertz CT molecular complexity index is 459. The van der Waals surface area contributed by atoms with Gasteiger partial charge in [-0.25, -0.2) is 0 Å². The Hall–Kier alpha value is -2.12. The molecule has 0 radical (unpaired) electrons. The predicted molar refractivity (Wildman–Crippen MR) is 54.7 cm³/mol. The van der Waals surface area contributed by atoms with E-state index in [4.69, 9.17) is 4.74 Å². The van der Waals surface area contributed by atoms with E-state index >= 15 is 0 Å². The summed E-state index contributed by atoms with van der Waals surface area (Å²) in [6.45, 7) is -0.703. The molecule has 0 fully saturated rings. The van der Waals surface area contributed by atoms with E-state index < -0.39 is 24.1 Å². The normalized spacial score (nSPS) is 11.1. The smallest absolute Gasteiger partial charge is 0.392 e. The number of hydrogen-bond acceptors (Lipinski definition) is 4. The summed E-state index contributed by atoms with van der Waals surface area (Å²) in [4.78, 5) is 20.3. The van der Waals surface area contributed by atoms with Gasteiger partial charge in [0, 0.05) is 6.07 Å². The molecule has 0 saturated carbocycles. The molecule has 0 N–H and O–H groups in total. The van der Waals surface area contributed by atoms with Crippen molar-refractivity contribution in [2.75, 3.05) is 6.61 Å². The van der Waals surface area contributed by atoms with Crippen molar-refractivity contribution in [1.29, 1.82) is 0 Å². The van der Waals surface area contributed by atoms with E-state index in [9.17, 15) is 28.1 Å². The largest absolute Gasteiger partial charge is 0.492 e. The summed E-state index contributed by atoms with van der Waals surface area (Å²) in [5.41, 5.74) is -0.398. The standard InChI is InChI=1S/C10H8F3NO4/c11-10(12,13)3-4-18-9-5-8(14(16)17)2-1-7(9)6-15/h1-2,5-6H,3-4H2. The topological polar surface area (TPSA) is 69.4 Å². The molecule has 8 heteroatoms. The lowest BCUT2D eigenvalue weighted by Gasteiger charge is -2.09. The van der Waals surface area contributed by atoms with Gasteiger partial charge in [0.15, 0.2) is 6.29 Å². The third kappa shape index (κ3) is 4.04. The summed E-state index contributed by atoms with van der Waals surface area (Å²) in [7, 11) is 0. The van der Waals surface area contributed by atoms with E-state index in [1.807, 2.05) is 0 Å². The second-order valence-electron chi connectivity index (χ2n) is 3.31. The molecule has 0 aliphatic rings. The Morgan fingerprint density at radius 2 is 2.06 bits per heavy atom. The number of aldehydes is 1. The van der Waals surface area contributed by atoms with Gasteiger partial charge in [-0.3, -0.25) is 14.9 Å². The van der Waals surface area contributed by atoms with Crippen LogP contribution in [0.2, 0.25) is 0 Å². The third-order valence-electron chi connectivity index (χ3n) is 1.98. The van der Waals surface area contributed by atoms with Gasteiger partial charge in [-0.15, -0.1) is 0 Å². The van der Waals surface area contributed by atoms with Crippen molar-refractivity contribution < 1.29 is 27.6 Å². The number of nitro benzene ring substituents is 1. The lowest BCUT2D eigenvalue weighted by atomic mass is 10.2. The second kappa shape index (κ2) is 5.48. The minimum atomic E-state index is -4.39. The molecule has 0 bridgehead atoms. The van der Waals surface area contributed by atoms with E-state index in [2.05, 4.69) is 0 Å². The molecule has 0 heterocycles. The summed E-state index contributed by atoms with van der Waals surface area (Å²) in [5.74, 6) is -0.233. The van der Waals surface area contributed by atoms with Gasteiger partial charge in [0.1, 0.15) is 5.75 Å². The van der Waals surface area contributed by atoms with Crippen LogP contribution in [0.1, 0.15) is 16.8 Å². The molecule has 0 aromatic heterocycles. The van der Waals surface area contributed by atoms with Crippen LogP contribution in [-0.4, -0.2) is 24.0 Å². The molecule has 0 aliphatic carbocycles. The molecule has 1 aromatic rings. The highest BCUT2D eigenvalue weighted by Crippen LogP contribution is 2.25. The number of benzene rings is 1. The molecule has 18 heavy (non-hydrogen) atoms. The number of alkyl halides is 3. The molecule has 1 aromatic carbocycles. The summed E-state index contributed by atoms with van der Waals surface area (Å²) < 4.78 is 40.4. The van der Waals surface area contributed by atoms with E-state index in [-0.39, 0.29) is 17.0 Å². The molecule has 0 amide bonds. The number of nitrogens with zero attached hydrogens (tertiary/aromatic N) is 1. The van der Waals surface area contributed by atoms with Crippen LogP contribution in [0.3, 0.4) is 0 Å². The maximum atomic E-state index is 11.9. The van der Waals surface area contributed by atoms with Crippen LogP contribution in [-0.2, 0) is 0 Å². The average Bonchev–Trinajstić information content (AvgIpc) is 2.27. The van der Waals surface area contributed by atoms with Crippen LogP contribution >= 0.6 is 0 Å². The van der Waals surface area contributed by atoms with E-state index in [0.29, 0.717) is 6.29 Å². The number of nitro groups is 1. The van der Waals surface area contributed by atoms with Crippen molar-refractivity contribution in [2.45, 2.75) is 12.6 Å². The fourth-order valence-corrected chi connectivity index (χ4v) is 1.14. The Morgan fingerprint density at radius 1 is 1.39 bits per heavy atom. The van der Waals surface area contributed by atoms with Crippen LogP contribution in [0.4, 0.5) is 18.9 Å². The van der Waals surface area contributed by atoms with Gasteiger partial charge in [-0.1, -0.05) is 0 Å². The molecular formula is C10H8F3NO4. The Labute approximate surface area is 99.3 Å². The van der Waals surface area contributed by atoms with E-state index in [1.54, 1.807) is 0 Å². The number of rotatable bonds is 5. The number of non-ortho nitro benzene ring substituents is 1. The molecule has 1 rings (SSSR count). The second-order valence-corrected chi connectivity index (χ2v) is 3.31. The minimum Gasteiger partial charge on any atom is -0.492 e. The minimum absolute atomic E-state index is 0.0391. The monoisotopic (exact) mass is 263 g/mol. The quantitative estimate of drug-likeness (QED) is 0.465. The lowest BCUT2D eigenvalue weighted by Crippen LogP contribution is -2.13. The Kier molecular flexibility index (Phi) is 4.24. The van der Waals surface area contributed by atoms with Crippen molar-refractivity contribution in [1.82, 2.24) is 0 Å². The number of halogens is 3. The first-order valence-corrected chi connectivity index (χ1v) is 4.76. The van der Waals surface area contributed by atoms with Gasteiger partial charge >= 0.3 is 6.18 Å². The molecule has 0 atom stereocenters. The van der Waals surface area contributed by atoms with Crippen LogP contribution in [0, 0.1) is 10.1 Å². The highest BCUT2D eigenvalue weighted by Gasteiger charge is 2.27. The van der Waals surface area contributed by atoms with Crippen LogP contribution in [0.25, 0.3) is 0 Å². The average molecular weight is 263 g/mol. The van der Waals surface area contributed by atoms with Crippen LogP contribution in [0.5, 0.6) is 5.75 Å². The van der Waals surface area contributed by atoms with Gasteiger partial charge in [-0.2, -0.15) is 13.2 Å². The number of carbonyl (C=O) groups is 1. The zero-order chi connectivity index (χ0) is 13.8. The summed E-state index contributed by atoms with van der Waals surface area (Å²) in [6.07, 6.45) is -5.23. The number of ether oxygens (including phenoxy) is 1. The molecular weight excluding hydrogens is 255 g/mol. The summed E-state index contributed by atoms with van der Waals surface area (Å²) in [5, 5.41) is 10.5. The van der Waals surface area contributed by atoms with Crippen LogP contribution < -0.4 is 4.74 Å². The molecule has 5 nitrogen and oxygen atoms in total. The fraction of sp³-hybridized carbons (Fsp3) is 0.300. The molecule has 0 aliphatic heterocycles. The Morgan fingerprint density at radius 3 is 2.56 bits per heavy atom. The zero-order valence-corrected chi connectivity index (χ0v) is 8.94. The van der Waals surface area contributed by atoms with Gasteiger partial charge in [0.2, 0.25) is 0 Å². The molecule has 98 valence electrons. The molecule has 0 unspecified atom stereocenters. The molecule has 0 spiro atoms. The first-order chi connectivity index (χ1) is 8.33. The van der Waals surface area contributed by atoms with E-state index in [0.717, 1.165) is 18.2 Å². The molecule has 0 saturated heterocycles. The van der Waals surface area contributed by atoms with Gasteiger partial charge in [0.25, 0.3) is 5.69 Å². The first kappa shape index (κ1) is 13.9. The van der Waals surface area contributed by atoms with Gasteiger partial charge in [-0.05, 0) is 6.07 Å². The zero-order valence-electron chi connectivity index (χ0n) is 8.94. The van der Waals surface area contributed by atoms with E-state index in [1.165, 1.54) is 0 Å². The number of hydrogen-bond donors (Lipinski definition) is 0. The maximum absolute atomic E-state index is 11.9. The fourth-order valence-electron chi connectivity index (χ4n) is 1.14. The maximum Gasteiger partial charge on any atom is 0.392 e. The SMILES string of the molecule is O=Cc1ccc([N+](=O)[O-])cc1OCCC(F)(F)F. The van der Waals surface area contributed by atoms with Crippen molar-refractivity contribution in [2.24, 2.45) is 0 Å². The van der Waals surface area contributed by atoms with Crippen molar-refractivity contribution in [3.05, 3.63) is 33.9 Å². The lowest BCUT2D eigenvalue weighted by molar-refractivity contribution is -0.384. The van der Waals surface area contributed by atoms with Crippen molar-refractivity contribution >= 4 is 12.0 Å². The Balaban J connectivity index is 2.82. The van der Waals surface area contributed by atoms with Gasteiger partial charge in [0.05, 0.1) is 29.6 Å². The number of carbonyl (C=O) groups excluding carboxylic acids is 1. The summed E-state index contributed by atoms with van der Waals surface area (Å²) in [6, 6.07) is 3.11. The van der Waals surface area contributed by atoms with Crippen LogP contribution in [0.15, 0.2) is 18.2 Å². The van der Waals surface area contributed by atoms with Crippen molar-refractivity contribution in [3.8, 4) is 5.75 Å². The van der Waals surface area contributed by atoms with Crippen molar-refractivity contribution in [3.63, 3.8) is 0 Å². The third-order valence-corrected chi connectivity index (χ3v) is 1.98. The first-order valence-electron chi connectivity index (χ1n) is 4.76. The predicted octanol–water partition coefficient (Wildman–Crippen LogP) is 2.74. The highest BCUT2D eigenvalue weighted by molar-refractivity contribution is 5.80.